The molecule has 0 fully saturated rings. The molecule has 1 unspecified atom stereocenters. The highest BCUT2D eigenvalue weighted by Crippen LogP contribution is 2.17. The molecule has 5 heteroatoms. The van der Waals surface area contributed by atoms with E-state index in [-0.39, 0.29) is 11.8 Å². The number of hydrogen-bond donors (Lipinski definition) is 1. The van der Waals surface area contributed by atoms with E-state index in [1.165, 1.54) is 6.26 Å². The van der Waals surface area contributed by atoms with E-state index in [4.69, 9.17) is 11.6 Å². The van der Waals surface area contributed by atoms with E-state index < -0.39 is 9.84 Å². The summed E-state index contributed by atoms with van der Waals surface area (Å²) in [6.45, 7) is 2.72. The molecule has 1 N–H and O–H groups in total. The van der Waals surface area contributed by atoms with Gasteiger partial charge in [0.1, 0.15) is 9.84 Å². The first-order valence-corrected chi connectivity index (χ1v) is 7.99. The summed E-state index contributed by atoms with van der Waals surface area (Å²) in [5, 5.41) is 3.99. The van der Waals surface area contributed by atoms with Gasteiger partial charge in [0.2, 0.25) is 0 Å². The summed E-state index contributed by atoms with van der Waals surface area (Å²) in [6, 6.07) is 7.83. The molecule has 0 aliphatic carbocycles. The molecule has 1 aromatic carbocycles. The number of rotatable bonds is 6. The topological polar surface area (TPSA) is 46.2 Å². The van der Waals surface area contributed by atoms with Crippen LogP contribution >= 0.6 is 11.6 Å². The fourth-order valence-corrected chi connectivity index (χ4v) is 2.41. The highest BCUT2D eigenvalue weighted by Gasteiger charge is 2.06. The minimum atomic E-state index is -2.85. The summed E-state index contributed by atoms with van der Waals surface area (Å²) in [7, 11) is -2.85. The maximum Gasteiger partial charge on any atom is 0.147 e. The van der Waals surface area contributed by atoms with E-state index in [9.17, 15) is 8.42 Å². The van der Waals surface area contributed by atoms with Gasteiger partial charge in [-0.15, -0.1) is 0 Å². The van der Waals surface area contributed by atoms with Gasteiger partial charge in [0.15, 0.2) is 0 Å². The third-order valence-electron chi connectivity index (χ3n) is 2.49. The van der Waals surface area contributed by atoms with Crippen LogP contribution < -0.4 is 5.32 Å². The van der Waals surface area contributed by atoms with Gasteiger partial charge in [-0.3, -0.25) is 0 Å². The Balaban J connectivity index is 2.38. The zero-order chi connectivity index (χ0) is 12.9. The minimum absolute atomic E-state index is 0.174. The van der Waals surface area contributed by atoms with Crippen molar-refractivity contribution in [2.45, 2.75) is 19.4 Å². The van der Waals surface area contributed by atoms with Crippen LogP contribution in [-0.4, -0.2) is 27.0 Å². The Morgan fingerprint density at radius 2 is 2.12 bits per heavy atom. The second-order valence-corrected chi connectivity index (χ2v) is 6.91. The van der Waals surface area contributed by atoms with Gasteiger partial charge in [-0.05, 0) is 37.6 Å². The van der Waals surface area contributed by atoms with Gasteiger partial charge >= 0.3 is 0 Å². The summed E-state index contributed by atoms with van der Waals surface area (Å²) in [6.07, 6.45) is 1.89. The largest absolute Gasteiger partial charge is 0.310 e. The fraction of sp³-hybridized carbons (Fsp3) is 0.500. The molecule has 17 heavy (non-hydrogen) atoms. The van der Waals surface area contributed by atoms with Crippen LogP contribution in [-0.2, 0) is 9.84 Å². The molecule has 1 aromatic rings. The predicted molar refractivity (Wildman–Crippen MR) is 72.2 cm³/mol. The molecule has 0 saturated carbocycles. The lowest BCUT2D eigenvalue weighted by atomic mass is 10.1. The van der Waals surface area contributed by atoms with E-state index in [1.54, 1.807) is 0 Å². The lowest BCUT2D eigenvalue weighted by molar-refractivity contribution is 0.562. The first kappa shape index (κ1) is 14.5. The van der Waals surface area contributed by atoms with Crippen LogP contribution in [0.1, 0.15) is 24.9 Å². The van der Waals surface area contributed by atoms with Crippen molar-refractivity contribution in [3.63, 3.8) is 0 Å². The van der Waals surface area contributed by atoms with Crippen LogP contribution in [0.2, 0.25) is 5.02 Å². The summed E-state index contributed by atoms with van der Waals surface area (Å²) < 4.78 is 21.9. The Morgan fingerprint density at radius 3 is 2.71 bits per heavy atom. The summed E-state index contributed by atoms with van der Waals surface area (Å²) >= 11 is 5.90. The second-order valence-electron chi connectivity index (χ2n) is 4.21. The molecule has 96 valence electrons. The zero-order valence-corrected chi connectivity index (χ0v) is 11.7. The normalized spacial score (nSPS) is 13.6. The van der Waals surface area contributed by atoms with Crippen molar-refractivity contribution in [1.82, 2.24) is 5.32 Å². The molecule has 1 atom stereocenters. The van der Waals surface area contributed by atoms with Crippen molar-refractivity contribution in [1.29, 1.82) is 0 Å². The highest BCUT2D eigenvalue weighted by atomic mass is 35.5. The number of sulfone groups is 1. The minimum Gasteiger partial charge on any atom is -0.310 e. The van der Waals surface area contributed by atoms with Gasteiger partial charge in [0.05, 0.1) is 5.75 Å². The van der Waals surface area contributed by atoms with E-state index in [2.05, 4.69) is 5.32 Å². The van der Waals surface area contributed by atoms with Crippen LogP contribution in [0.25, 0.3) is 0 Å². The van der Waals surface area contributed by atoms with Crippen LogP contribution in [0, 0.1) is 0 Å². The Hall–Kier alpha value is -0.580. The van der Waals surface area contributed by atoms with E-state index in [0.717, 1.165) is 5.56 Å². The van der Waals surface area contributed by atoms with Gasteiger partial charge in [0.25, 0.3) is 0 Å². The molecule has 0 amide bonds. The van der Waals surface area contributed by atoms with Crippen LogP contribution in [0.5, 0.6) is 0 Å². The number of benzene rings is 1. The zero-order valence-electron chi connectivity index (χ0n) is 10.1. The molecule has 0 heterocycles. The number of nitrogens with one attached hydrogen (secondary N) is 1. The molecule has 0 spiro atoms. The summed E-state index contributed by atoms with van der Waals surface area (Å²) in [5.41, 5.74) is 1.11. The molecular weight excluding hydrogens is 258 g/mol. The van der Waals surface area contributed by atoms with E-state index in [1.807, 2.05) is 31.2 Å². The monoisotopic (exact) mass is 275 g/mol. The van der Waals surface area contributed by atoms with Gasteiger partial charge < -0.3 is 5.32 Å². The van der Waals surface area contributed by atoms with Gasteiger partial charge in [0, 0.05) is 17.3 Å². The first-order valence-electron chi connectivity index (χ1n) is 5.55. The summed E-state index contributed by atoms with van der Waals surface area (Å²) in [5.74, 6) is 0.224. The quantitative estimate of drug-likeness (QED) is 0.811. The van der Waals surface area contributed by atoms with Crippen molar-refractivity contribution in [3.05, 3.63) is 34.9 Å². The molecule has 1 rings (SSSR count). The Bertz CT molecular complexity index is 459. The maximum atomic E-state index is 10.9. The van der Waals surface area contributed by atoms with Crippen molar-refractivity contribution < 1.29 is 8.42 Å². The van der Waals surface area contributed by atoms with Crippen molar-refractivity contribution in [2.75, 3.05) is 18.6 Å². The average Bonchev–Trinajstić information content (AvgIpc) is 2.23. The van der Waals surface area contributed by atoms with Crippen LogP contribution in [0.3, 0.4) is 0 Å². The van der Waals surface area contributed by atoms with Gasteiger partial charge in [-0.1, -0.05) is 23.7 Å². The smallest absolute Gasteiger partial charge is 0.147 e. The van der Waals surface area contributed by atoms with Crippen LogP contribution in [0.4, 0.5) is 0 Å². The predicted octanol–water partition coefficient (Wildman–Crippen LogP) is 2.43. The third kappa shape index (κ3) is 6.05. The molecule has 0 aliphatic heterocycles. The Morgan fingerprint density at radius 1 is 1.41 bits per heavy atom. The lowest BCUT2D eigenvalue weighted by Gasteiger charge is -2.14. The third-order valence-corrected chi connectivity index (χ3v) is 3.76. The molecule has 3 nitrogen and oxygen atoms in total. The van der Waals surface area contributed by atoms with Crippen molar-refractivity contribution >= 4 is 21.4 Å². The van der Waals surface area contributed by atoms with Crippen molar-refractivity contribution in [2.24, 2.45) is 0 Å². The van der Waals surface area contributed by atoms with E-state index >= 15 is 0 Å². The molecule has 0 aromatic heterocycles. The standard InChI is InChI=1S/C12H18ClNO2S/c1-10(11-5-3-6-12(13)9-11)14-7-4-8-17(2,15)16/h3,5-6,9-10,14H,4,7-8H2,1-2H3. The van der Waals surface area contributed by atoms with Crippen LogP contribution in [0.15, 0.2) is 24.3 Å². The molecular formula is C12H18ClNO2S. The lowest BCUT2D eigenvalue weighted by Crippen LogP contribution is -2.21. The van der Waals surface area contributed by atoms with Gasteiger partial charge in [-0.25, -0.2) is 8.42 Å². The molecule has 0 bridgehead atoms. The molecule has 0 radical (unpaired) electrons. The SMILES string of the molecule is CC(NCCCS(C)(=O)=O)c1cccc(Cl)c1. The fourth-order valence-electron chi connectivity index (χ4n) is 1.55. The number of halogens is 1. The average molecular weight is 276 g/mol. The van der Waals surface area contributed by atoms with E-state index in [0.29, 0.717) is 18.0 Å². The Kier molecular flexibility index (Phi) is 5.43. The maximum absolute atomic E-state index is 10.9. The molecule has 0 saturated heterocycles. The molecule has 0 aliphatic rings. The highest BCUT2D eigenvalue weighted by molar-refractivity contribution is 7.90. The summed E-state index contributed by atoms with van der Waals surface area (Å²) in [4.78, 5) is 0. The Labute approximate surface area is 108 Å². The first-order chi connectivity index (χ1) is 7.88. The number of hydrogen-bond acceptors (Lipinski definition) is 3. The van der Waals surface area contributed by atoms with Crippen molar-refractivity contribution in [3.8, 4) is 0 Å². The van der Waals surface area contributed by atoms with Gasteiger partial charge in [-0.2, -0.15) is 0 Å². The second kappa shape index (κ2) is 6.38.